The molecule has 1 heterocycles. The minimum atomic E-state index is -1.04. The van der Waals surface area contributed by atoms with E-state index in [1.165, 1.54) is 31.4 Å². The third kappa shape index (κ3) is 5.20. The zero-order chi connectivity index (χ0) is 25.9. The first-order valence-electron chi connectivity index (χ1n) is 11.1. The number of methoxy groups -OCH3 is 1. The number of nitrogens with zero attached hydrogens (tertiary/aromatic N) is 3. The van der Waals surface area contributed by atoms with Crippen molar-refractivity contribution in [1.29, 1.82) is 0 Å². The van der Waals surface area contributed by atoms with E-state index in [0.717, 1.165) is 18.0 Å². The second kappa shape index (κ2) is 10.2. The number of carbonyl (C=O) groups excluding carboxylic acids is 2. The number of nitro benzene ring substituents is 1. The number of halogens is 1. The van der Waals surface area contributed by atoms with Crippen molar-refractivity contribution >= 4 is 17.6 Å². The van der Waals surface area contributed by atoms with Gasteiger partial charge in [-0.3, -0.25) is 14.9 Å². The van der Waals surface area contributed by atoms with Gasteiger partial charge in [-0.05, 0) is 36.6 Å². The molecule has 0 radical (unpaired) electrons. The molecular formula is C25H23FN4O6. The van der Waals surface area contributed by atoms with E-state index in [4.69, 9.17) is 15.2 Å². The van der Waals surface area contributed by atoms with Gasteiger partial charge in [-0.25, -0.2) is 19.2 Å². The molecule has 0 amide bonds. The summed E-state index contributed by atoms with van der Waals surface area (Å²) >= 11 is 0. The van der Waals surface area contributed by atoms with Crippen LogP contribution in [0.2, 0.25) is 0 Å². The zero-order valence-electron chi connectivity index (χ0n) is 19.3. The van der Waals surface area contributed by atoms with Gasteiger partial charge < -0.3 is 15.2 Å². The first kappa shape index (κ1) is 24.9. The molecule has 2 N–H and O–H groups in total. The van der Waals surface area contributed by atoms with E-state index in [9.17, 15) is 24.1 Å². The Morgan fingerprint density at radius 3 is 2.50 bits per heavy atom. The maximum absolute atomic E-state index is 13.2. The molecule has 0 saturated heterocycles. The lowest BCUT2D eigenvalue weighted by molar-refractivity contribution is -0.384. The van der Waals surface area contributed by atoms with Crippen LogP contribution in [0.1, 0.15) is 28.8 Å². The van der Waals surface area contributed by atoms with E-state index in [-0.39, 0.29) is 30.5 Å². The number of hydrogen-bond donors (Lipinski definition) is 1. The highest BCUT2D eigenvalue weighted by atomic mass is 19.1. The van der Waals surface area contributed by atoms with Crippen molar-refractivity contribution in [3.05, 3.63) is 88.0 Å². The molecule has 1 aliphatic rings. The first-order valence-corrected chi connectivity index (χ1v) is 11.1. The second-order valence-corrected chi connectivity index (χ2v) is 8.69. The molecule has 1 aliphatic carbocycles. The molecule has 186 valence electrons. The van der Waals surface area contributed by atoms with E-state index < -0.39 is 40.2 Å². The summed E-state index contributed by atoms with van der Waals surface area (Å²) in [6.45, 7) is 0. The number of hydrogen-bond acceptors (Lipinski definition) is 9. The predicted octanol–water partition coefficient (Wildman–Crippen LogP) is 3.24. The Labute approximate surface area is 205 Å². The van der Waals surface area contributed by atoms with Crippen LogP contribution in [-0.2, 0) is 20.7 Å². The fourth-order valence-corrected chi connectivity index (χ4v) is 4.53. The lowest BCUT2D eigenvalue weighted by atomic mass is 9.79. The molecular weight excluding hydrogens is 471 g/mol. The van der Waals surface area contributed by atoms with Gasteiger partial charge in [0.25, 0.3) is 5.69 Å². The minimum Gasteiger partial charge on any atom is -0.469 e. The number of ether oxygens (including phenoxy) is 2. The van der Waals surface area contributed by atoms with Crippen LogP contribution >= 0.6 is 0 Å². The van der Waals surface area contributed by atoms with Crippen molar-refractivity contribution in [2.75, 3.05) is 7.11 Å². The van der Waals surface area contributed by atoms with Crippen molar-refractivity contribution in [2.24, 2.45) is 11.1 Å². The van der Waals surface area contributed by atoms with Crippen LogP contribution in [0.15, 0.2) is 60.9 Å². The summed E-state index contributed by atoms with van der Waals surface area (Å²) in [5, 5.41) is 10.8. The summed E-state index contributed by atoms with van der Waals surface area (Å²) in [6, 6.07) is 11.6. The molecule has 11 heteroatoms. The van der Waals surface area contributed by atoms with E-state index >= 15 is 0 Å². The normalized spacial score (nSPS) is 21.1. The van der Waals surface area contributed by atoms with Crippen LogP contribution in [0.4, 0.5) is 10.1 Å². The average Bonchev–Trinajstić information content (AvgIpc) is 3.19. The molecule has 2 aromatic carbocycles. The lowest BCUT2D eigenvalue weighted by Gasteiger charge is -2.26. The van der Waals surface area contributed by atoms with Crippen molar-refractivity contribution in [1.82, 2.24) is 9.97 Å². The fraction of sp³-hybridized carbons (Fsp3) is 0.280. The van der Waals surface area contributed by atoms with Gasteiger partial charge in [-0.15, -0.1) is 0 Å². The molecule has 0 spiro atoms. The Balaban J connectivity index is 1.53. The van der Waals surface area contributed by atoms with Crippen LogP contribution in [0.5, 0.6) is 0 Å². The highest BCUT2D eigenvalue weighted by molar-refractivity contribution is 5.90. The molecule has 1 aromatic heterocycles. The lowest BCUT2D eigenvalue weighted by Crippen LogP contribution is -2.34. The molecule has 36 heavy (non-hydrogen) atoms. The maximum Gasteiger partial charge on any atom is 0.338 e. The number of aromatic nitrogens is 2. The standard InChI is InChI=1S/C25H23FN4O6/c1-35-24(32)25(10-15-3-2-4-17(9-15)22-28-13-18(26)14-29-22)11-20(27)21(12-25)36-23(31)16-5-7-19(8-6-16)30(33)34/h2-9,13-14,20-21H,10-12,27H2,1H3/t20-,21-,25-/m1/s1. The van der Waals surface area contributed by atoms with Gasteiger partial charge in [0, 0.05) is 30.2 Å². The fourth-order valence-electron chi connectivity index (χ4n) is 4.53. The molecule has 4 rings (SSSR count). The average molecular weight is 494 g/mol. The maximum atomic E-state index is 13.2. The van der Waals surface area contributed by atoms with Crippen LogP contribution in [0.25, 0.3) is 11.4 Å². The third-order valence-corrected chi connectivity index (χ3v) is 6.23. The topological polar surface area (TPSA) is 148 Å². The number of carbonyl (C=O) groups is 2. The number of nitro groups is 1. The zero-order valence-corrected chi connectivity index (χ0v) is 19.3. The van der Waals surface area contributed by atoms with E-state index in [1.807, 2.05) is 6.07 Å². The van der Waals surface area contributed by atoms with Gasteiger partial charge in [0.2, 0.25) is 0 Å². The van der Waals surface area contributed by atoms with Crippen LogP contribution in [-0.4, -0.2) is 46.1 Å². The Morgan fingerprint density at radius 1 is 1.17 bits per heavy atom. The highest BCUT2D eigenvalue weighted by Crippen LogP contribution is 2.43. The SMILES string of the molecule is COC(=O)[C@]1(Cc2cccc(-c3ncc(F)cn3)c2)C[C@@H](N)[C@H](OC(=O)c2ccc([N+](=O)[O-])cc2)C1. The minimum absolute atomic E-state index is 0.135. The van der Waals surface area contributed by atoms with Crippen LogP contribution in [0.3, 0.4) is 0 Å². The van der Waals surface area contributed by atoms with Gasteiger partial charge in [-0.2, -0.15) is 0 Å². The Hall–Kier alpha value is -4.25. The summed E-state index contributed by atoms with van der Waals surface area (Å²) in [6.07, 6.45) is 1.99. The Bertz CT molecular complexity index is 1280. The molecule has 1 fully saturated rings. The Kier molecular flexibility index (Phi) is 7.02. The molecule has 3 atom stereocenters. The smallest absolute Gasteiger partial charge is 0.338 e. The number of nitrogens with two attached hydrogens (primary N) is 1. The number of esters is 2. The van der Waals surface area contributed by atoms with Gasteiger partial charge in [0.1, 0.15) is 6.10 Å². The third-order valence-electron chi connectivity index (χ3n) is 6.23. The van der Waals surface area contributed by atoms with Crippen molar-refractivity contribution in [2.45, 2.75) is 31.4 Å². The first-order chi connectivity index (χ1) is 17.2. The number of non-ortho nitro benzene ring substituents is 1. The van der Waals surface area contributed by atoms with Crippen LogP contribution in [0, 0.1) is 21.3 Å². The van der Waals surface area contributed by atoms with Gasteiger partial charge >= 0.3 is 11.9 Å². The molecule has 1 saturated carbocycles. The summed E-state index contributed by atoms with van der Waals surface area (Å²) in [7, 11) is 1.29. The van der Waals surface area contributed by atoms with E-state index in [0.29, 0.717) is 11.4 Å². The summed E-state index contributed by atoms with van der Waals surface area (Å²) in [5.41, 5.74) is 6.66. The number of rotatable bonds is 7. The van der Waals surface area contributed by atoms with E-state index in [2.05, 4.69) is 9.97 Å². The molecule has 10 nitrogen and oxygen atoms in total. The summed E-state index contributed by atoms with van der Waals surface area (Å²) in [5.74, 6) is -1.38. The van der Waals surface area contributed by atoms with E-state index in [1.54, 1.807) is 18.2 Å². The molecule has 0 aliphatic heterocycles. The quantitative estimate of drug-likeness (QED) is 0.297. The monoisotopic (exact) mass is 494 g/mol. The highest BCUT2D eigenvalue weighted by Gasteiger charge is 2.51. The summed E-state index contributed by atoms with van der Waals surface area (Å²) < 4.78 is 23.9. The van der Waals surface area contributed by atoms with Gasteiger partial charge in [-0.1, -0.05) is 18.2 Å². The predicted molar refractivity (Wildman–Crippen MR) is 125 cm³/mol. The second-order valence-electron chi connectivity index (χ2n) is 8.69. The number of benzene rings is 2. The molecule has 0 unspecified atom stereocenters. The Morgan fingerprint density at radius 2 is 1.86 bits per heavy atom. The molecule has 0 bridgehead atoms. The van der Waals surface area contributed by atoms with Gasteiger partial charge in [0.15, 0.2) is 11.6 Å². The van der Waals surface area contributed by atoms with Crippen LogP contribution < -0.4 is 5.73 Å². The summed E-state index contributed by atoms with van der Waals surface area (Å²) in [4.78, 5) is 43.9. The molecule has 3 aromatic rings. The van der Waals surface area contributed by atoms with Crippen molar-refractivity contribution < 1.29 is 28.4 Å². The van der Waals surface area contributed by atoms with Crippen molar-refractivity contribution in [3.63, 3.8) is 0 Å². The van der Waals surface area contributed by atoms with Crippen molar-refractivity contribution in [3.8, 4) is 11.4 Å². The van der Waals surface area contributed by atoms with Gasteiger partial charge in [0.05, 0.1) is 35.4 Å². The largest absolute Gasteiger partial charge is 0.469 e.